The SMILES string of the molecule is COc1ccc(-c2c(-c3ccccc3)c3cc4c(-c5ccccc5)c(-c5ccc(OC)cc5)c5ccc6ccsc6c5c4cc3c3c2ccc2ccsc23)cc1. The van der Waals surface area contributed by atoms with Gasteiger partial charge in [-0.05, 0) is 147 Å². The second-order valence-corrected chi connectivity index (χ2v) is 16.1. The van der Waals surface area contributed by atoms with Gasteiger partial charge in [-0.15, -0.1) is 22.7 Å². The molecule has 0 saturated carbocycles. The molecule has 0 atom stereocenters. The highest BCUT2D eigenvalue weighted by molar-refractivity contribution is 7.18. The summed E-state index contributed by atoms with van der Waals surface area (Å²) < 4.78 is 13.9. The number of thiophene rings is 2. The molecular weight excluding hydrogens is 721 g/mol. The molecule has 9 aromatic carbocycles. The standard InChI is InChI=1S/C52H34O2S2/c1-53-37-19-13-33(14-20-37)45-39-23-17-35-25-27-55-51(35)49(39)43-30-44-42(29-41(43)47(45)31-9-5-3-6-10-31)48(32-11-7-4-8-12-32)46(34-15-21-38(54-2)22-16-34)40-24-18-36-26-28-56-52(36)50(40)44/h3-30H,1-2H3. The van der Waals surface area contributed by atoms with Crippen LogP contribution in [0.3, 0.4) is 0 Å². The van der Waals surface area contributed by atoms with Crippen molar-refractivity contribution in [3.8, 4) is 56.0 Å². The van der Waals surface area contributed by atoms with Crippen LogP contribution < -0.4 is 9.47 Å². The van der Waals surface area contributed by atoms with Crippen LogP contribution in [0.5, 0.6) is 11.5 Å². The molecule has 4 heteroatoms. The van der Waals surface area contributed by atoms with E-state index in [1.807, 2.05) is 22.7 Å². The lowest BCUT2D eigenvalue weighted by Gasteiger charge is -2.23. The zero-order valence-electron chi connectivity index (χ0n) is 30.8. The Bertz CT molecular complexity index is 3070. The van der Waals surface area contributed by atoms with Crippen LogP contribution in [0.25, 0.3) is 108 Å². The van der Waals surface area contributed by atoms with Crippen molar-refractivity contribution in [3.63, 3.8) is 0 Å². The fraction of sp³-hybridized carbons (Fsp3) is 0.0385. The van der Waals surface area contributed by atoms with E-state index in [-0.39, 0.29) is 0 Å². The van der Waals surface area contributed by atoms with E-state index in [9.17, 15) is 0 Å². The average molecular weight is 755 g/mol. The van der Waals surface area contributed by atoms with Crippen molar-refractivity contribution in [2.24, 2.45) is 0 Å². The molecule has 2 aromatic heterocycles. The summed E-state index contributed by atoms with van der Waals surface area (Å²) in [6.45, 7) is 0. The number of benzene rings is 9. The summed E-state index contributed by atoms with van der Waals surface area (Å²) in [4.78, 5) is 0. The lowest BCUT2D eigenvalue weighted by molar-refractivity contribution is 0.415. The molecule has 56 heavy (non-hydrogen) atoms. The molecule has 0 aliphatic rings. The maximum absolute atomic E-state index is 5.64. The Hall–Kier alpha value is -6.46. The number of fused-ring (bicyclic) bond motifs is 10. The number of rotatable bonds is 6. The van der Waals surface area contributed by atoms with Gasteiger partial charge in [-0.3, -0.25) is 0 Å². The van der Waals surface area contributed by atoms with E-state index < -0.39 is 0 Å². The number of ether oxygens (including phenoxy) is 2. The highest BCUT2D eigenvalue weighted by Crippen LogP contribution is 2.53. The molecule has 0 bridgehead atoms. The molecule has 0 aliphatic carbocycles. The second-order valence-electron chi connectivity index (χ2n) is 14.3. The minimum Gasteiger partial charge on any atom is -0.497 e. The zero-order valence-corrected chi connectivity index (χ0v) is 32.4. The van der Waals surface area contributed by atoms with Gasteiger partial charge in [0.15, 0.2) is 0 Å². The van der Waals surface area contributed by atoms with Gasteiger partial charge in [0.05, 0.1) is 14.2 Å². The van der Waals surface area contributed by atoms with Gasteiger partial charge in [0, 0.05) is 20.2 Å². The van der Waals surface area contributed by atoms with Crippen molar-refractivity contribution in [3.05, 3.63) is 168 Å². The summed E-state index contributed by atoms with van der Waals surface area (Å²) in [7, 11) is 3.46. The highest BCUT2D eigenvalue weighted by Gasteiger charge is 2.25. The first-order valence-electron chi connectivity index (χ1n) is 18.8. The normalized spacial score (nSPS) is 11.8. The molecule has 0 radical (unpaired) electrons. The molecule has 11 aromatic rings. The summed E-state index contributed by atoms with van der Waals surface area (Å²) in [6.07, 6.45) is 0. The molecule has 0 aliphatic heterocycles. The Balaban J connectivity index is 1.43. The summed E-state index contributed by atoms with van der Waals surface area (Å²) in [5.41, 5.74) is 9.62. The first-order valence-corrected chi connectivity index (χ1v) is 20.5. The first kappa shape index (κ1) is 32.9. The molecule has 0 fully saturated rings. The zero-order chi connectivity index (χ0) is 37.3. The van der Waals surface area contributed by atoms with Crippen molar-refractivity contribution in [2.75, 3.05) is 14.2 Å². The Morgan fingerprint density at radius 1 is 0.339 bits per heavy atom. The number of hydrogen-bond acceptors (Lipinski definition) is 4. The molecule has 0 amide bonds. The number of hydrogen-bond donors (Lipinski definition) is 0. The topological polar surface area (TPSA) is 18.5 Å². The molecule has 266 valence electrons. The fourth-order valence-corrected chi connectivity index (χ4v) is 10.8. The monoisotopic (exact) mass is 754 g/mol. The smallest absolute Gasteiger partial charge is 0.118 e. The Kier molecular flexibility index (Phi) is 7.70. The van der Waals surface area contributed by atoms with Gasteiger partial charge in [0.1, 0.15) is 11.5 Å². The van der Waals surface area contributed by atoms with Crippen molar-refractivity contribution in [1.82, 2.24) is 0 Å². The van der Waals surface area contributed by atoms with Gasteiger partial charge in [-0.25, -0.2) is 0 Å². The van der Waals surface area contributed by atoms with Gasteiger partial charge in [0.2, 0.25) is 0 Å². The summed E-state index contributed by atoms with van der Waals surface area (Å²) >= 11 is 3.66. The Morgan fingerprint density at radius 3 is 1.12 bits per heavy atom. The summed E-state index contributed by atoms with van der Waals surface area (Å²) in [5.74, 6) is 1.69. The molecule has 0 unspecified atom stereocenters. The van der Waals surface area contributed by atoms with E-state index in [1.165, 1.54) is 96.6 Å². The third kappa shape index (κ3) is 5.00. The van der Waals surface area contributed by atoms with Crippen LogP contribution in [-0.2, 0) is 0 Å². The van der Waals surface area contributed by atoms with Gasteiger partial charge in [-0.1, -0.05) is 109 Å². The first-order chi connectivity index (χ1) is 27.7. The lowest BCUT2D eigenvalue weighted by Crippen LogP contribution is -1.95. The van der Waals surface area contributed by atoms with Crippen LogP contribution in [0.2, 0.25) is 0 Å². The maximum atomic E-state index is 5.64. The Morgan fingerprint density at radius 2 is 0.714 bits per heavy atom. The fourth-order valence-electron chi connectivity index (χ4n) is 8.91. The van der Waals surface area contributed by atoms with Crippen LogP contribution in [0.4, 0.5) is 0 Å². The number of methoxy groups -OCH3 is 2. The van der Waals surface area contributed by atoms with Crippen molar-refractivity contribution >= 4 is 85.9 Å². The van der Waals surface area contributed by atoms with Gasteiger partial charge < -0.3 is 9.47 Å². The minimum atomic E-state index is 0.845. The van der Waals surface area contributed by atoms with E-state index in [0.29, 0.717) is 0 Å². The van der Waals surface area contributed by atoms with Gasteiger partial charge >= 0.3 is 0 Å². The third-order valence-corrected chi connectivity index (χ3v) is 13.3. The third-order valence-electron chi connectivity index (χ3n) is 11.4. The van der Waals surface area contributed by atoms with E-state index >= 15 is 0 Å². The van der Waals surface area contributed by atoms with Crippen LogP contribution in [0.15, 0.2) is 168 Å². The summed E-state index contributed by atoms with van der Waals surface area (Å²) in [6, 6.07) is 57.9. The molecule has 0 N–H and O–H groups in total. The van der Waals surface area contributed by atoms with Crippen LogP contribution in [0, 0.1) is 0 Å². The van der Waals surface area contributed by atoms with Crippen molar-refractivity contribution in [2.45, 2.75) is 0 Å². The van der Waals surface area contributed by atoms with Crippen LogP contribution in [0.1, 0.15) is 0 Å². The quantitative estimate of drug-likeness (QED) is 0.124. The van der Waals surface area contributed by atoms with E-state index in [4.69, 9.17) is 9.47 Å². The predicted molar refractivity (Wildman–Crippen MR) is 242 cm³/mol. The van der Waals surface area contributed by atoms with Crippen molar-refractivity contribution < 1.29 is 9.47 Å². The molecule has 2 heterocycles. The Labute approximate surface area is 332 Å². The predicted octanol–water partition coefficient (Wildman–Crippen LogP) is 15.4. The summed E-state index contributed by atoms with van der Waals surface area (Å²) in [5, 5.41) is 17.1. The lowest BCUT2D eigenvalue weighted by atomic mass is 9.80. The minimum absolute atomic E-state index is 0.845. The van der Waals surface area contributed by atoms with E-state index in [0.717, 1.165) is 22.6 Å². The average Bonchev–Trinajstić information content (AvgIpc) is 3.96. The van der Waals surface area contributed by atoms with E-state index in [2.05, 4.69) is 168 Å². The van der Waals surface area contributed by atoms with Crippen molar-refractivity contribution in [1.29, 1.82) is 0 Å². The van der Waals surface area contributed by atoms with Gasteiger partial charge in [0.25, 0.3) is 0 Å². The molecule has 2 nitrogen and oxygen atoms in total. The largest absolute Gasteiger partial charge is 0.497 e. The van der Waals surface area contributed by atoms with Gasteiger partial charge in [-0.2, -0.15) is 0 Å². The molecular formula is C52H34O2S2. The second kappa shape index (κ2) is 13.1. The molecule has 0 saturated heterocycles. The van der Waals surface area contributed by atoms with Crippen LogP contribution >= 0.6 is 22.7 Å². The highest BCUT2D eigenvalue weighted by atomic mass is 32.1. The van der Waals surface area contributed by atoms with E-state index in [1.54, 1.807) is 14.2 Å². The van der Waals surface area contributed by atoms with Crippen LogP contribution in [-0.4, -0.2) is 14.2 Å². The molecule has 11 rings (SSSR count). The maximum Gasteiger partial charge on any atom is 0.118 e. The molecule has 0 spiro atoms.